The summed E-state index contributed by atoms with van der Waals surface area (Å²) in [5.74, 6) is -1.61. The quantitative estimate of drug-likeness (QED) is 0.747. The lowest BCUT2D eigenvalue weighted by molar-refractivity contribution is -0.137. The molecule has 2 rings (SSSR count). The Balaban J connectivity index is 2.51. The van der Waals surface area contributed by atoms with E-state index < -0.39 is 39.0 Å². The van der Waals surface area contributed by atoms with Gasteiger partial charge in [-0.25, -0.2) is 13.2 Å². The molecule has 2 aromatic carbocycles. The largest absolute Gasteiger partial charge is 0.478 e. The maximum absolute atomic E-state index is 12.9. The highest BCUT2D eigenvalue weighted by Crippen LogP contribution is 2.33. The third kappa shape index (κ3) is 4.51. The van der Waals surface area contributed by atoms with Crippen LogP contribution in [0.3, 0.4) is 0 Å². The SMILES string of the molecule is Cc1ccc(S(=O)(=O)Nc2cc(C(=O)O)cc(C(F)(F)F)c2)c(Br)c1. The van der Waals surface area contributed by atoms with Crippen LogP contribution < -0.4 is 4.72 Å². The molecule has 25 heavy (non-hydrogen) atoms. The topological polar surface area (TPSA) is 83.5 Å². The van der Waals surface area contributed by atoms with E-state index in [4.69, 9.17) is 5.11 Å². The van der Waals surface area contributed by atoms with E-state index in [0.29, 0.717) is 12.1 Å². The number of carboxylic acids is 1. The zero-order valence-electron chi connectivity index (χ0n) is 12.6. The molecule has 0 saturated heterocycles. The summed E-state index contributed by atoms with van der Waals surface area (Å²) in [4.78, 5) is 10.8. The molecule has 0 radical (unpaired) electrons. The minimum atomic E-state index is -4.82. The zero-order chi connectivity index (χ0) is 19.0. The average molecular weight is 438 g/mol. The van der Waals surface area contributed by atoms with E-state index in [1.54, 1.807) is 6.92 Å². The van der Waals surface area contributed by atoms with E-state index in [1.165, 1.54) is 18.2 Å². The molecule has 134 valence electrons. The fourth-order valence-electron chi connectivity index (χ4n) is 2.01. The number of rotatable bonds is 4. The third-order valence-electron chi connectivity index (χ3n) is 3.14. The molecule has 0 heterocycles. The third-order valence-corrected chi connectivity index (χ3v) is 5.49. The summed E-state index contributed by atoms with van der Waals surface area (Å²) in [7, 11) is -4.22. The molecule has 0 aliphatic rings. The van der Waals surface area contributed by atoms with Crippen LogP contribution >= 0.6 is 15.9 Å². The van der Waals surface area contributed by atoms with Crippen LogP contribution in [0, 0.1) is 6.92 Å². The second-order valence-electron chi connectivity index (χ2n) is 5.14. The molecule has 5 nitrogen and oxygen atoms in total. The lowest BCUT2D eigenvalue weighted by Crippen LogP contribution is -2.16. The number of halogens is 4. The molecule has 0 atom stereocenters. The lowest BCUT2D eigenvalue weighted by atomic mass is 10.1. The van der Waals surface area contributed by atoms with Crippen LogP contribution in [-0.2, 0) is 16.2 Å². The van der Waals surface area contributed by atoms with Crippen LogP contribution in [0.1, 0.15) is 21.5 Å². The number of carboxylic acid groups (broad SMARTS) is 1. The van der Waals surface area contributed by atoms with Crippen molar-refractivity contribution in [2.45, 2.75) is 18.0 Å². The Hall–Kier alpha value is -2.07. The summed E-state index contributed by atoms with van der Waals surface area (Å²) >= 11 is 3.09. The van der Waals surface area contributed by atoms with E-state index >= 15 is 0 Å². The van der Waals surface area contributed by atoms with Crippen LogP contribution in [0.25, 0.3) is 0 Å². The number of hydrogen-bond donors (Lipinski definition) is 2. The highest BCUT2D eigenvalue weighted by molar-refractivity contribution is 9.10. The Morgan fingerprint density at radius 2 is 1.80 bits per heavy atom. The van der Waals surface area contributed by atoms with Crippen LogP contribution in [0.15, 0.2) is 45.8 Å². The normalized spacial score (nSPS) is 12.0. The fourth-order valence-corrected chi connectivity index (χ4v) is 4.24. The molecule has 0 spiro atoms. The maximum atomic E-state index is 12.9. The number of hydrogen-bond acceptors (Lipinski definition) is 3. The van der Waals surface area contributed by atoms with Crippen molar-refractivity contribution in [1.29, 1.82) is 0 Å². The number of nitrogens with one attached hydrogen (secondary N) is 1. The van der Waals surface area contributed by atoms with Gasteiger partial charge in [-0.15, -0.1) is 0 Å². The number of aromatic carboxylic acids is 1. The molecule has 0 saturated carbocycles. The summed E-state index contributed by atoms with van der Waals surface area (Å²) in [5, 5.41) is 8.94. The van der Waals surface area contributed by atoms with Crippen LogP contribution in [0.4, 0.5) is 18.9 Å². The number of anilines is 1. The Bertz CT molecular complexity index is 942. The first-order chi connectivity index (χ1) is 11.4. The Morgan fingerprint density at radius 3 is 2.32 bits per heavy atom. The Labute approximate surface area is 149 Å². The summed E-state index contributed by atoms with van der Waals surface area (Å²) in [6.07, 6.45) is -4.82. The van der Waals surface area contributed by atoms with Crippen LogP contribution in [0.5, 0.6) is 0 Å². The monoisotopic (exact) mass is 437 g/mol. The van der Waals surface area contributed by atoms with Gasteiger partial charge in [0.1, 0.15) is 4.90 Å². The molecule has 0 aromatic heterocycles. The number of carbonyl (C=O) groups is 1. The van der Waals surface area contributed by atoms with Crippen LogP contribution in [0.2, 0.25) is 0 Å². The van der Waals surface area contributed by atoms with Gasteiger partial charge >= 0.3 is 12.1 Å². The van der Waals surface area contributed by atoms with Gasteiger partial charge < -0.3 is 5.11 Å². The van der Waals surface area contributed by atoms with Crippen molar-refractivity contribution in [1.82, 2.24) is 0 Å². The number of benzene rings is 2. The van der Waals surface area contributed by atoms with E-state index in [9.17, 15) is 26.4 Å². The van der Waals surface area contributed by atoms with Gasteiger partial charge in [-0.2, -0.15) is 13.2 Å². The van der Waals surface area contributed by atoms with Gasteiger partial charge in [0.05, 0.1) is 16.8 Å². The van der Waals surface area contributed by atoms with Crippen molar-refractivity contribution in [2.24, 2.45) is 0 Å². The fraction of sp³-hybridized carbons (Fsp3) is 0.133. The van der Waals surface area contributed by atoms with Gasteiger partial charge in [-0.3, -0.25) is 4.72 Å². The number of alkyl halides is 3. The standard InChI is InChI=1S/C15H11BrF3NO4S/c1-8-2-3-13(12(16)4-8)25(23,24)20-11-6-9(14(21)22)5-10(7-11)15(17,18)19/h2-7,20H,1H3,(H,21,22). The molecular formula is C15H11BrF3NO4S. The second-order valence-corrected chi connectivity index (χ2v) is 7.65. The lowest BCUT2D eigenvalue weighted by Gasteiger charge is -2.13. The van der Waals surface area contributed by atoms with Gasteiger partial charge in [0.25, 0.3) is 10.0 Å². The number of aryl methyl sites for hydroxylation is 1. The summed E-state index contributed by atoms with van der Waals surface area (Å²) in [6.45, 7) is 1.74. The van der Waals surface area contributed by atoms with E-state index in [0.717, 1.165) is 11.6 Å². The second kappa shape index (κ2) is 6.68. The maximum Gasteiger partial charge on any atom is 0.416 e. The minimum Gasteiger partial charge on any atom is -0.478 e. The van der Waals surface area contributed by atoms with Gasteiger partial charge in [-0.1, -0.05) is 6.07 Å². The summed E-state index contributed by atoms with van der Waals surface area (Å²) < 4.78 is 65.7. The molecular weight excluding hydrogens is 427 g/mol. The molecule has 0 aliphatic heterocycles. The molecule has 0 amide bonds. The Morgan fingerprint density at radius 1 is 1.16 bits per heavy atom. The molecule has 0 fully saturated rings. The van der Waals surface area contributed by atoms with Crippen LogP contribution in [-0.4, -0.2) is 19.5 Å². The predicted octanol–water partition coefficient (Wildman–Crippen LogP) is 4.28. The molecule has 0 bridgehead atoms. The summed E-state index contributed by atoms with van der Waals surface area (Å²) in [5.41, 5.74) is -1.68. The number of sulfonamides is 1. The van der Waals surface area contributed by atoms with Crippen molar-refractivity contribution < 1.29 is 31.5 Å². The molecule has 2 aromatic rings. The van der Waals surface area contributed by atoms with Crippen molar-refractivity contribution in [3.63, 3.8) is 0 Å². The zero-order valence-corrected chi connectivity index (χ0v) is 15.0. The summed E-state index contributed by atoms with van der Waals surface area (Å²) in [6, 6.07) is 6.12. The smallest absolute Gasteiger partial charge is 0.416 e. The van der Waals surface area contributed by atoms with E-state index in [2.05, 4.69) is 15.9 Å². The minimum absolute atomic E-state index is 0.188. The first-order valence-electron chi connectivity index (χ1n) is 6.65. The molecule has 0 aliphatic carbocycles. The van der Waals surface area contributed by atoms with Gasteiger partial charge in [0.15, 0.2) is 0 Å². The first-order valence-corrected chi connectivity index (χ1v) is 8.92. The van der Waals surface area contributed by atoms with E-state index in [1.807, 2.05) is 4.72 Å². The predicted molar refractivity (Wildman–Crippen MR) is 88.1 cm³/mol. The van der Waals surface area contributed by atoms with Crippen molar-refractivity contribution in [2.75, 3.05) is 4.72 Å². The van der Waals surface area contributed by atoms with Gasteiger partial charge in [-0.05, 0) is 58.7 Å². The van der Waals surface area contributed by atoms with Crippen molar-refractivity contribution in [3.05, 3.63) is 57.6 Å². The van der Waals surface area contributed by atoms with Crippen molar-refractivity contribution >= 4 is 37.6 Å². The molecule has 2 N–H and O–H groups in total. The molecule has 0 unspecified atom stereocenters. The van der Waals surface area contributed by atoms with Gasteiger partial charge in [0, 0.05) is 4.47 Å². The highest BCUT2D eigenvalue weighted by atomic mass is 79.9. The van der Waals surface area contributed by atoms with Crippen molar-refractivity contribution in [3.8, 4) is 0 Å². The average Bonchev–Trinajstić information content (AvgIpc) is 2.44. The Kier molecular flexibility index (Phi) is 5.14. The molecule has 10 heteroatoms. The van der Waals surface area contributed by atoms with Gasteiger partial charge in [0.2, 0.25) is 0 Å². The van der Waals surface area contributed by atoms with E-state index in [-0.39, 0.29) is 9.37 Å². The highest BCUT2D eigenvalue weighted by Gasteiger charge is 2.32. The first kappa shape index (κ1) is 19.3.